The predicted octanol–water partition coefficient (Wildman–Crippen LogP) is 2.74. The highest BCUT2D eigenvalue weighted by molar-refractivity contribution is 7.21. The molecule has 2 aromatic rings. The summed E-state index contributed by atoms with van der Waals surface area (Å²) < 4.78 is 5.12. The number of aromatic nitrogens is 2. The van der Waals surface area contributed by atoms with Crippen LogP contribution in [0.1, 0.15) is 30.4 Å². The van der Waals surface area contributed by atoms with Crippen molar-refractivity contribution >= 4 is 39.3 Å². The topological polar surface area (TPSA) is 101 Å². The first-order valence-corrected chi connectivity index (χ1v) is 6.57. The lowest BCUT2D eigenvalue weighted by Crippen LogP contribution is -2.27. The Morgan fingerprint density at radius 2 is 2.10 bits per heavy atom. The molecule has 0 aromatic carbocycles. The number of thiophene rings is 1. The average Bonchev–Trinajstić information content (AvgIpc) is 2.66. The Morgan fingerprint density at radius 3 is 2.70 bits per heavy atom. The van der Waals surface area contributed by atoms with Gasteiger partial charge in [0.15, 0.2) is 0 Å². The molecule has 2 aromatic heterocycles. The fourth-order valence-corrected chi connectivity index (χ4v) is 2.45. The van der Waals surface area contributed by atoms with E-state index in [0.717, 1.165) is 11.3 Å². The second-order valence-electron chi connectivity index (χ2n) is 4.99. The Kier molecular flexibility index (Phi) is 3.58. The molecule has 0 radical (unpaired) electrons. The molecule has 0 fully saturated rings. The Hall–Kier alpha value is -2.22. The van der Waals surface area contributed by atoms with Gasteiger partial charge in [0.05, 0.1) is 11.9 Å². The third-order valence-electron chi connectivity index (χ3n) is 2.20. The van der Waals surface area contributed by atoms with E-state index in [-0.39, 0.29) is 10.6 Å². The number of carbonyl (C=O) groups excluding carboxylic acids is 1. The number of carboxylic acid groups (broad SMARTS) is 1. The number of nitrogens with one attached hydrogen (secondary N) is 1. The molecular weight excluding hydrogens is 282 g/mol. The molecule has 0 aliphatic rings. The molecule has 0 bridgehead atoms. The summed E-state index contributed by atoms with van der Waals surface area (Å²) in [6.45, 7) is 5.17. The van der Waals surface area contributed by atoms with Crippen LogP contribution in [0.3, 0.4) is 0 Å². The molecule has 2 N–H and O–H groups in total. The summed E-state index contributed by atoms with van der Waals surface area (Å²) >= 11 is 0.949. The maximum atomic E-state index is 11.8. The van der Waals surface area contributed by atoms with Gasteiger partial charge >= 0.3 is 12.1 Å². The number of carboxylic acids is 1. The average molecular weight is 295 g/mol. The fourth-order valence-electron chi connectivity index (χ4n) is 1.53. The lowest BCUT2D eigenvalue weighted by Gasteiger charge is -2.19. The van der Waals surface area contributed by atoms with E-state index in [1.807, 2.05) is 0 Å². The standard InChI is InChI=1S/C12H13N3O4S/c1-12(2,3)19-11(18)14-7-6-4-5-13-15-9(6)20-8(7)10(16)17/h4-5H,1-3H3,(H,14,18)(H,16,17). The lowest BCUT2D eigenvalue weighted by atomic mass is 10.2. The van der Waals surface area contributed by atoms with Gasteiger partial charge < -0.3 is 9.84 Å². The zero-order valence-corrected chi connectivity index (χ0v) is 11.9. The molecule has 0 unspecified atom stereocenters. The monoisotopic (exact) mass is 295 g/mol. The van der Waals surface area contributed by atoms with E-state index < -0.39 is 17.7 Å². The van der Waals surface area contributed by atoms with Crippen molar-refractivity contribution in [3.8, 4) is 0 Å². The van der Waals surface area contributed by atoms with Crippen molar-refractivity contribution < 1.29 is 19.4 Å². The van der Waals surface area contributed by atoms with Crippen LogP contribution < -0.4 is 5.32 Å². The highest BCUT2D eigenvalue weighted by Gasteiger charge is 2.23. The van der Waals surface area contributed by atoms with E-state index in [0.29, 0.717) is 10.2 Å². The summed E-state index contributed by atoms with van der Waals surface area (Å²) in [6.07, 6.45) is 0.720. The lowest BCUT2D eigenvalue weighted by molar-refractivity contribution is 0.0636. The van der Waals surface area contributed by atoms with Crippen LogP contribution in [0.15, 0.2) is 12.3 Å². The van der Waals surface area contributed by atoms with Gasteiger partial charge in [-0.3, -0.25) is 5.32 Å². The Balaban J connectivity index is 2.39. The fraction of sp³-hybridized carbons (Fsp3) is 0.333. The number of carbonyl (C=O) groups is 2. The molecular formula is C12H13N3O4S. The molecule has 2 rings (SSSR count). The molecule has 0 saturated heterocycles. The van der Waals surface area contributed by atoms with Gasteiger partial charge in [0.1, 0.15) is 15.3 Å². The summed E-state index contributed by atoms with van der Waals surface area (Å²) in [7, 11) is 0. The van der Waals surface area contributed by atoms with E-state index in [4.69, 9.17) is 4.74 Å². The number of fused-ring (bicyclic) bond motifs is 1. The normalized spacial score (nSPS) is 11.3. The number of hydrogen-bond donors (Lipinski definition) is 2. The summed E-state index contributed by atoms with van der Waals surface area (Å²) in [5.74, 6) is -1.14. The number of aromatic carboxylic acids is 1. The number of amides is 1. The van der Waals surface area contributed by atoms with Gasteiger partial charge in [-0.15, -0.1) is 16.4 Å². The van der Waals surface area contributed by atoms with Crippen LogP contribution in [0, 0.1) is 0 Å². The summed E-state index contributed by atoms with van der Waals surface area (Å²) in [4.78, 5) is 23.4. The smallest absolute Gasteiger partial charge is 0.412 e. The van der Waals surface area contributed by atoms with Gasteiger partial charge in [-0.1, -0.05) is 0 Å². The number of anilines is 1. The minimum Gasteiger partial charge on any atom is -0.477 e. The second-order valence-corrected chi connectivity index (χ2v) is 5.99. The van der Waals surface area contributed by atoms with Crippen LogP contribution in [0.2, 0.25) is 0 Å². The first kappa shape index (κ1) is 14.2. The first-order chi connectivity index (χ1) is 9.28. The van der Waals surface area contributed by atoms with Gasteiger partial charge in [-0.25, -0.2) is 9.59 Å². The Bertz CT molecular complexity index is 675. The molecule has 7 nitrogen and oxygen atoms in total. The van der Waals surface area contributed by atoms with E-state index in [9.17, 15) is 14.7 Å². The predicted molar refractivity (Wildman–Crippen MR) is 74.2 cm³/mol. The maximum Gasteiger partial charge on any atom is 0.412 e. The van der Waals surface area contributed by atoms with Crippen LogP contribution >= 0.6 is 11.3 Å². The van der Waals surface area contributed by atoms with Crippen LogP contribution in [-0.4, -0.2) is 33.0 Å². The third kappa shape index (κ3) is 3.02. The molecule has 0 spiro atoms. The third-order valence-corrected chi connectivity index (χ3v) is 3.28. The largest absolute Gasteiger partial charge is 0.477 e. The maximum absolute atomic E-state index is 11.8. The highest BCUT2D eigenvalue weighted by Crippen LogP contribution is 2.34. The Labute approximate surface area is 118 Å². The second kappa shape index (κ2) is 5.04. The van der Waals surface area contributed by atoms with Crippen LogP contribution in [0.5, 0.6) is 0 Å². The Morgan fingerprint density at radius 1 is 1.40 bits per heavy atom. The van der Waals surface area contributed by atoms with Gasteiger partial charge in [-0.2, -0.15) is 5.10 Å². The molecule has 20 heavy (non-hydrogen) atoms. The first-order valence-electron chi connectivity index (χ1n) is 5.75. The SMILES string of the molecule is CC(C)(C)OC(=O)Nc1c(C(=O)O)sc2nnccc12. The molecule has 0 aliphatic heterocycles. The zero-order chi connectivity index (χ0) is 14.9. The molecule has 1 amide bonds. The number of rotatable bonds is 2. The van der Waals surface area contributed by atoms with E-state index in [1.165, 1.54) is 6.20 Å². The van der Waals surface area contributed by atoms with Gasteiger partial charge in [0, 0.05) is 5.39 Å². The van der Waals surface area contributed by atoms with Crippen molar-refractivity contribution in [3.63, 3.8) is 0 Å². The molecule has 0 saturated carbocycles. The minimum absolute atomic E-state index is 0.00800. The van der Waals surface area contributed by atoms with E-state index in [1.54, 1.807) is 26.8 Å². The van der Waals surface area contributed by atoms with E-state index in [2.05, 4.69) is 15.5 Å². The zero-order valence-electron chi connectivity index (χ0n) is 11.1. The van der Waals surface area contributed by atoms with Crippen LogP contribution in [-0.2, 0) is 4.74 Å². The number of hydrogen-bond acceptors (Lipinski definition) is 6. The number of ether oxygens (including phenoxy) is 1. The van der Waals surface area contributed by atoms with Crippen LogP contribution in [0.4, 0.5) is 10.5 Å². The summed E-state index contributed by atoms with van der Waals surface area (Å²) in [6, 6.07) is 1.60. The molecule has 106 valence electrons. The van der Waals surface area contributed by atoms with Crippen molar-refractivity contribution in [2.24, 2.45) is 0 Å². The van der Waals surface area contributed by atoms with Crippen molar-refractivity contribution in [3.05, 3.63) is 17.1 Å². The van der Waals surface area contributed by atoms with Crippen molar-refractivity contribution in [1.29, 1.82) is 0 Å². The summed E-state index contributed by atoms with van der Waals surface area (Å²) in [5.41, 5.74) is -0.485. The quantitative estimate of drug-likeness (QED) is 0.883. The van der Waals surface area contributed by atoms with Gasteiger partial charge in [0.2, 0.25) is 0 Å². The van der Waals surface area contributed by atoms with Gasteiger partial charge in [-0.05, 0) is 26.8 Å². The van der Waals surface area contributed by atoms with Crippen LogP contribution in [0.25, 0.3) is 10.2 Å². The minimum atomic E-state index is -1.14. The molecule has 2 heterocycles. The van der Waals surface area contributed by atoms with Gasteiger partial charge in [0.25, 0.3) is 0 Å². The number of nitrogens with zero attached hydrogens (tertiary/aromatic N) is 2. The molecule has 0 atom stereocenters. The van der Waals surface area contributed by atoms with Crippen molar-refractivity contribution in [1.82, 2.24) is 10.2 Å². The van der Waals surface area contributed by atoms with E-state index >= 15 is 0 Å². The van der Waals surface area contributed by atoms with Crippen molar-refractivity contribution in [2.45, 2.75) is 26.4 Å². The summed E-state index contributed by atoms with van der Waals surface area (Å²) in [5, 5.41) is 19.7. The molecule has 8 heteroatoms. The highest BCUT2D eigenvalue weighted by atomic mass is 32.1. The van der Waals surface area contributed by atoms with Crippen molar-refractivity contribution in [2.75, 3.05) is 5.32 Å². The molecule has 0 aliphatic carbocycles.